The number of amides is 2. The van der Waals surface area contributed by atoms with Crippen LogP contribution >= 0.6 is 23.5 Å². The average Bonchev–Trinajstić information content (AvgIpc) is 2.77. The summed E-state index contributed by atoms with van der Waals surface area (Å²) in [7, 11) is 4.80. The fraction of sp³-hybridized carbons (Fsp3) is 0.467. The Hall–Kier alpha value is -1.38. The Kier molecular flexibility index (Phi) is 4.24. The highest BCUT2D eigenvalue weighted by molar-refractivity contribution is 8.18. The SMILES string of the molecule is COc1ccc(C2SC3C(=O)N(C)C(CO)(S2)C(=O)N3C)cc1. The van der Waals surface area contributed by atoms with E-state index in [0.29, 0.717) is 0 Å². The number of thioether (sulfide) groups is 2. The molecule has 6 nitrogen and oxygen atoms in total. The van der Waals surface area contributed by atoms with E-state index in [9.17, 15) is 14.7 Å². The fourth-order valence-corrected chi connectivity index (χ4v) is 6.09. The molecule has 0 aliphatic carbocycles. The first-order chi connectivity index (χ1) is 10.9. The van der Waals surface area contributed by atoms with Crippen LogP contribution in [-0.2, 0) is 9.59 Å². The molecule has 124 valence electrons. The predicted molar refractivity (Wildman–Crippen MR) is 90.1 cm³/mol. The number of nitrogens with zero attached hydrogens (tertiary/aromatic N) is 2. The van der Waals surface area contributed by atoms with E-state index in [4.69, 9.17) is 4.74 Å². The zero-order chi connectivity index (χ0) is 16.8. The van der Waals surface area contributed by atoms with Crippen molar-refractivity contribution in [3.63, 3.8) is 0 Å². The second kappa shape index (κ2) is 5.92. The van der Waals surface area contributed by atoms with Crippen LogP contribution in [0.25, 0.3) is 0 Å². The van der Waals surface area contributed by atoms with Gasteiger partial charge in [0.05, 0.1) is 18.3 Å². The number of rotatable bonds is 3. The van der Waals surface area contributed by atoms with Crippen molar-refractivity contribution >= 4 is 35.3 Å². The number of hydrogen-bond acceptors (Lipinski definition) is 6. The summed E-state index contributed by atoms with van der Waals surface area (Å²) in [5, 5.41) is 9.35. The molecular weight excluding hydrogens is 336 g/mol. The van der Waals surface area contributed by atoms with Crippen LogP contribution in [0.2, 0.25) is 0 Å². The Morgan fingerprint density at radius 1 is 1.26 bits per heavy atom. The molecule has 0 saturated carbocycles. The van der Waals surface area contributed by atoms with E-state index in [-0.39, 0.29) is 16.4 Å². The van der Waals surface area contributed by atoms with Gasteiger partial charge in [-0.15, -0.1) is 23.5 Å². The minimum absolute atomic E-state index is 0.138. The number of likely N-dealkylation sites (N-methyl/N-ethyl adjacent to an activating group) is 2. The zero-order valence-electron chi connectivity index (χ0n) is 13.1. The summed E-state index contributed by atoms with van der Waals surface area (Å²) < 4.78 is 5.03. The summed E-state index contributed by atoms with van der Waals surface area (Å²) in [5.74, 6) is 0.355. The number of piperazine rings is 1. The van der Waals surface area contributed by atoms with Crippen LogP contribution in [0, 0.1) is 0 Å². The Bertz CT molecular complexity index is 639. The molecule has 0 aromatic heterocycles. The number of ether oxygens (including phenoxy) is 1. The van der Waals surface area contributed by atoms with E-state index in [1.54, 1.807) is 21.2 Å². The van der Waals surface area contributed by atoms with E-state index in [0.717, 1.165) is 11.3 Å². The molecule has 2 bridgehead atoms. The Morgan fingerprint density at radius 3 is 2.48 bits per heavy atom. The predicted octanol–water partition coefficient (Wildman–Crippen LogP) is 1.12. The Balaban J connectivity index is 2.02. The second-order valence-corrected chi connectivity index (χ2v) is 8.34. The summed E-state index contributed by atoms with van der Waals surface area (Å²) in [4.78, 5) is 26.8. The lowest BCUT2D eigenvalue weighted by Gasteiger charge is -2.45. The fourth-order valence-electron chi connectivity index (χ4n) is 2.75. The number of carbonyl (C=O) groups excluding carboxylic acids is 2. The van der Waals surface area contributed by atoms with Gasteiger partial charge in [-0.1, -0.05) is 12.1 Å². The van der Waals surface area contributed by atoms with Gasteiger partial charge in [-0.3, -0.25) is 9.59 Å². The number of fused-ring (bicyclic) bond motifs is 4. The highest BCUT2D eigenvalue weighted by Gasteiger charge is 2.59. The molecular formula is C15H18N2O4S2. The van der Waals surface area contributed by atoms with Crippen molar-refractivity contribution in [3.05, 3.63) is 29.8 Å². The van der Waals surface area contributed by atoms with Crippen LogP contribution in [0.15, 0.2) is 24.3 Å². The molecule has 3 aliphatic heterocycles. The molecule has 3 heterocycles. The Morgan fingerprint density at radius 2 is 1.91 bits per heavy atom. The summed E-state index contributed by atoms with van der Waals surface area (Å²) >= 11 is 2.74. The molecule has 8 heteroatoms. The highest BCUT2D eigenvalue weighted by atomic mass is 32.2. The van der Waals surface area contributed by atoms with Crippen molar-refractivity contribution in [2.24, 2.45) is 0 Å². The number of carbonyl (C=O) groups is 2. The third-order valence-corrected chi connectivity index (χ3v) is 7.62. The van der Waals surface area contributed by atoms with Gasteiger partial charge >= 0.3 is 0 Å². The molecule has 23 heavy (non-hydrogen) atoms. The molecule has 2 amide bonds. The van der Waals surface area contributed by atoms with Crippen LogP contribution in [0.1, 0.15) is 10.1 Å². The third-order valence-electron chi connectivity index (χ3n) is 4.25. The maximum absolute atomic E-state index is 12.7. The van der Waals surface area contributed by atoms with E-state index in [1.807, 2.05) is 24.3 Å². The largest absolute Gasteiger partial charge is 0.497 e. The molecule has 3 saturated heterocycles. The molecule has 1 aromatic carbocycles. The van der Waals surface area contributed by atoms with E-state index >= 15 is 0 Å². The lowest BCUT2D eigenvalue weighted by atomic mass is 10.1. The van der Waals surface area contributed by atoms with Crippen molar-refractivity contribution < 1.29 is 19.4 Å². The van der Waals surface area contributed by atoms with Crippen LogP contribution in [0.5, 0.6) is 5.75 Å². The first-order valence-corrected chi connectivity index (χ1v) is 8.90. The maximum atomic E-state index is 12.7. The van der Waals surface area contributed by atoms with Crippen LogP contribution in [0.3, 0.4) is 0 Å². The number of hydrogen-bond donors (Lipinski definition) is 1. The molecule has 4 rings (SSSR count). The van der Waals surface area contributed by atoms with Crippen molar-refractivity contribution in [1.29, 1.82) is 0 Å². The van der Waals surface area contributed by atoms with Crippen LogP contribution in [0.4, 0.5) is 0 Å². The molecule has 3 unspecified atom stereocenters. The molecule has 0 spiro atoms. The van der Waals surface area contributed by atoms with Gasteiger partial charge in [-0.25, -0.2) is 0 Å². The standard InChI is InChI=1S/C15H18N2O4S2/c1-16-12-11(19)17(2)15(8-18,14(16)20)23-13(22-12)9-4-6-10(21-3)7-5-9/h4-7,12-13,18H,8H2,1-3H3. The summed E-state index contributed by atoms with van der Waals surface area (Å²) in [6.07, 6.45) is 0. The van der Waals surface area contributed by atoms with E-state index < -0.39 is 16.9 Å². The molecule has 3 atom stereocenters. The third kappa shape index (κ3) is 2.40. The topological polar surface area (TPSA) is 70.1 Å². The van der Waals surface area contributed by atoms with Gasteiger partial charge in [-0.2, -0.15) is 0 Å². The quantitative estimate of drug-likeness (QED) is 0.877. The summed E-state index contributed by atoms with van der Waals surface area (Å²) in [5.41, 5.74) is 0.981. The summed E-state index contributed by atoms with van der Waals surface area (Å²) in [6, 6.07) is 7.56. The molecule has 0 radical (unpaired) electrons. The zero-order valence-corrected chi connectivity index (χ0v) is 14.7. The van der Waals surface area contributed by atoms with Crippen molar-refractivity contribution in [2.45, 2.75) is 14.8 Å². The normalized spacial score (nSPS) is 30.6. The van der Waals surface area contributed by atoms with Crippen LogP contribution < -0.4 is 4.74 Å². The Labute approximate surface area is 143 Å². The smallest absolute Gasteiger partial charge is 0.262 e. The number of aliphatic hydroxyl groups excluding tert-OH is 1. The number of benzene rings is 1. The molecule has 1 N–H and O–H groups in total. The lowest BCUT2D eigenvalue weighted by Crippen LogP contribution is -2.67. The first kappa shape index (κ1) is 16.5. The van der Waals surface area contributed by atoms with Crippen LogP contribution in [-0.4, -0.2) is 64.8 Å². The average molecular weight is 354 g/mol. The van der Waals surface area contributed by atoms with E-state index in [1.165, 1.54) is 33.3 Å². The number of aliphatic hydroxyl groups is 1. The molecule has 1 aromatic rings. The van der Waals surface area contributed by atoms with Crippen molar-refractivity contribution in [2.75, 3.05) is 27.8 Å². The van der Waals surface area contributed by atoms with Gasteiger partial charge in [0.2, 0.25) is 0 Å². The van der Waals surface area contributed by atoms with Gasteiger partial charge < -0.3 is 19.6 Å². The second-order valence-electron chi connectivity index (χ2n) is 5.47. The van der Waals surface area contributed by atoms with Gasteiger partial charge in [0, 0.05) is 14.1 Å². The van der Waals surface area contributed by atoms with Crippen molar-refractivity contribution in [3.8, 4) is 5.75 Å². The van der Waals surface area contributed by atoms with Crippen molar-refractivity contribution in [1.82, 2.24) is 9.80 Å². The summed E-state index contributed by atoms with van der Waals surface area (Å²) in [6.45, 7) is -0.414. The molecule has 3 fully saturated rings. The minimum atomic E-state index is -1.27. The minimum Gasteiger partial charge on any atom is -0.497 e. The van der Waals surface area contributed by atoms with Gasteiger partial charge in [0.1, 0.15) is 5.75 Å². The van der Waals surface area contributed by atoms with E-state index in [2.05, 4.69) is 0 Å². The van der Waals surface area contributed by atoms with Gasteiger partial charge in [0.15, 0.2) is 10.2 Å². The first-order valence-electron chi connectivity index (χ1n) is 7.07. The lowest BCUT2D eigenvalue weighted by molar-refractivity contribution is -0.158. The van der Waals surface area contributed by atoms with Gasteiger partial charge in [-0.05, 0) is 17.7 Å². The monoisotopic (exact) mass is 354 g/mol. The molecule has 3 aliphatic rings. The number of methoxy groups -OCH3 is 1. The maximum Gasteiger partial charge on any atom is 0.262 e. The highest BCUT2D eigenvalue weighted by Crippen LogP contribution is 2.55. The van der Waals surface area contributed by atoms with Gasteiger partial charge in [0.25, 0.3) is 11.8 Å².